The van der Waals surface area contributed by atoms with Gasteiger partial charge in [-0.2, -0.15) is 0 Å². The molecule has 0 radical (unpaired) electrons. The molecule has 2 bridgehead atoms. The Morgan fingerprint density at radius 3 is 2.69 bits per heavy atom. The van der Waals surface area contributed by atoms with E-state index in [1.165, 1.54) is 16.7 Å². The van der Waals surface area contributed by atoms with Gasteiger partial charge in [0, 0.05) is 42.2 Å². The minimum absolute atomic E-state index is 0.0385. The minimum Gasteiger partial charge on any atom is -0.456 e. The third kappa shape index (κ3) is 6.18. The number of nitrogens with two attached hydrogens (primary N) is 2. The van der Waals surface area contributed by atoms with Gasteiger partial charge in [0.1, 0.15) is 17.5 Å². The van der Waals surface area contributed by atoms with Crippen molar-refractivity contribution >= 4 is 11.8 Å². The predicted octanol–water partition coefficient (Wildman–Crippen LogP) is 1.41. The van der Waals surface area contributed by atoms with Gasteiger partial charge in [-0.25, -0.2) is 4.79 Å². The summed E-state index contributed by atoms with van der Waals surface area (Å²) in [6.45, 7) is 8.47. The first-order valence-corrected chi connectivity index (χ1v) is 20.2. The number of hydrogen-bond acceptors (Lipinski definition) is 12. The molecule has 6 fully saturated rings. The minimum atomic E-state index is -1.03. The lowest BCUT2D eigenvalue weighted by Gasteiger charge is -2.61. The first-order chi connectivity index (χ1) is 25.1. The van der Waals surface area contributed by atoms with E-state index in [0.29, 0.717) is 30.4 Å². The van der Waals surface area contributed by atoms with Crippen LogP contribution in [-0.4, -0.2) is 103 Å². The fraction of sp³-hybridized carbons (Fsp3) is 0.800. The second-order valence-corrected chi connectivity index (χ2v) is 17.3. The number of ketones is 1. The summed E-state index contributed by atoms with van der Waals surface area (Å²) in [6.07, 6.45) is 6.27. The first-order valence-electron chi connectivity index (χ1n) is 20.2. The summed E-state index contributed by atoms with van der Waals surface area (Å²) >= 11 is 0. The summed E-state index contributed by atoms with van der Waals surface area (Å²) in [6, 6.07) is 0. The highest BCUT2D eigenvalue weighted by Crippen LogP contribution is 2.60. The van der Waals surface area contributed by atoms with Crippen molar-refractivity contribution in [2.75, 3.05) is 32.8 Å². The molecule has 16 unspecified atom stereocenters. The van der Waals surface area contributed by atoms with Crippen LogP contribution in [0, 0.1) is 47.3 Å². The van der Waals surface area contributed by atoms with Gasteiger partial charge >= 0.3 is 5.97 Å². The normalized spacial score (nSPS) is 47.3. The first kappa shape index (κ1) is 36.9. The fourth-order valence-electron chi connectivity index (χ4n) is 12.1. The van der Waals surface area contributed by atoms with E-state index in [4.69, 9.17) is 25.7 Å². The number of allylic oxidation sites excluding steroid dienone is 3. The van der Waals surface area contributed by atoms with Crippen LogP contribution in [0.25, 0.3) is 0 Å². The van der Waals surface area contributed by atoms with Crippen molar-refractivity contribution in [3.8, 4) is 0 Å². The second kappa shape index (κ2) is 14.6. The number of hydrogen-bond donors (Lipinski definition) is 7. The lowest BCUT2D eigenvalue weighted by Crippen LogP contribution is -2.70. The summed E-state index contributed by atoms with van der Waals surface area (Å²) in [5, 5.41) is 32.8. The van der Waals surface area contributed by atoms with E-state index in [1.54, 1.807) is 0 Å². The number of piperidine rings is 2. The van der Waals surface area contributed by atoms with Crippen molar-refractivity contribution in [3.63, 3.8) is 0 Å². The van der Waals surface area contributed by atoms with Crippen molar-refractivity contribution < 1.29 is 34.0 Å². The molecule has 0 aromatic heterocycles. The zero-order valence-electron chi connectivity index (χ0n) is 31.1. The molecule has 16 atom stereocenters. The molecule has 12 heteroatoms. The number of likely N-dealkylation sites (N-methyl/N-ethyl adjacent to an activating group) is 1. The third-order valence-corrected chi connectivity index (χ3v) is 14.7. The van der Waals surface area contributed by atoms with E-state index in [9.17, 15) is 19.8 Å². The molecule has 0 amide bonds. The topological polar surface area (TPSA) is 190 Å². The molecule has 9 N–H and O–H groups in total. The molecular formula is C40H61N5O7. The average molecular weight is 724 g/mol. The maximum atomic E-state index is 14.1. The highest BCUT2D eigenvalue weighted by atomic mass is 16.6. The zero-order valence-corrected chi connectivity index (χ0v) is 31.1. The van der Waals surface area contributed by atoms with Crippen LogP contribution in [0.5, 0.6) is 0 Å². The van der Waals surface area contributed by atoms with Crippen molar-refractivity contribution in [2.24, 2.45) is 58.8 Å². The summed E-state index contributed by atoms with van der Waals surface area (Å²) in [7, 11) is 0. The number of Topliss-reactive ketones (excluding diaryl/α,β-unsaturated/α-hetero) is 1. The van der Waals surface area contributed by atoms with Gasteiger partial charge in [-0.15, -0.1) is 0 Å². The number of carbonyl (C=O) groups excluding carboxylic acids is 2. The monoisotopic (exact) mass is 723 g/mol. The van der Waals surface area contributed by atoms with Crippen LogP contribution in [-0.2, 0) is 23.8 Å². The van der Waals surface area contributed by atoms with Crippen LogP contribution in [0.15, 0.2) is 34.4 Å². The maximum Gasteiger partial charge on any atom is 0.335 e. The lowest BCUT2D eigenvalue weighted by molar-refractivity contribution is -0.294. The number of esters is 1. The molecule has 52 heavy (non-hydrogen) atoms. The molecule has 5 heterocycles. The summed E-state index contributed by atoms with van der Waals surface area (Å²) in [4.78, 5) is 27.9. The number of aliphatic hydroxyl groups excluding tert-OH is 2. The summed E-state index contributed by atoms with van der Waals surface area (Å²) in [5.41, 5.74) is 17.3. The lowest BCUT2D eigenvalue weighted by atomic mass is 9.57. The highest BCUT2D eigenvalue weighted by molar-refractivity contribution is 5.89. The molecule has 1 saturated carbocycles. The Hall–Kier alpha value is -2.00. The third-order valence-electron chi connectivity index (χ3n) is 14.7. The zero-order chi connectivity index (χ0) is 36.5. The predicted molar refractivity (Wildman–Crippen MR) is 194 cm³/mol. The van der Waals surface area contributed by atoms with Crippen molar-refractivity contribution in [2.45, 2.75) is 121 Å². The standard InChI is InChI=1S/C40H61N5O7/c1-4-19(16-43-5-2)39(49)51-30-15-26-35(48)34-29(47)14-24(18-46)50-37(34)27-11-21-8-9-44-38(42)33(21)25-7-6-20-10-22-13-31(41)45-17-23(22)12-28(32(20)25)40(30,3)52-36(26)27/h4,7,21-24,26-28,30-31,33-38,43-46,48H,5-6,8-18,41-42H2,1-3H3. The molecule has 5 saturated heterocycles. The Labute approximate surface area is 307 Å². The quantitative estimate of drug-likeness (QED) is 0.154. The fourth-order valence-corrected chi connectivity index (χ4v) is 12.1. The molecule has 5 aliphatic heterocycles. The van der Waals surface area contributed by atoms with Crippen LogP contribution < -0.4 is 27.4 Å². The van der Waals surface area contributed by atoms with Gasteiger partial charge in [-0.05, 0) is 107 Å². The molecular weight excluding hydrogens is 662 g/mol. The Morgan fingerprint density at radius 1 is 1.10 bits per heavy atom. The van der Waals surface area contributed by atoms with Gasteiger partial charge in [0.2, 0.25) is 0 Å². The molecule has 12 nitrogen and oxygen atoms in total. The highest BCUT2D eigenvalue weighted by Gasteiger charge is 2.65. The van der Waals surface area contributed by atoms with E-state index in [1.807, 2.05) is 19.9 Å². The molecule has 8 rings (SSSR count). The molecule has 3 aliphatic carbocycles. The van der Waals surface area contributed by atoms with Crippen LogP contribution in [0.1, 0.15) is 72.1 Å². The van der Waals surface area contributed by atoms with Crippen molar-refractivity contribution in [3.05, 3.63) is 34.4 Å². The smallest absolute Gasteiger partial charge is 0.335 e. The van der Waals surface area contributed by atoms with E-state index in [2.05, 4.69) is 29.0 Å². The molecule has 288 valence electrons. The van der Waals surface area contributed by atoms with Crippen molar-refractivity contribution in [1.82, 2.24) is 16.0 Å². The van der Waals surface area contributed by atoms with Gasteiger partial charge in [-0.3, -0.25) is 4.79 Å². The van der Waals surface area contributed by atoms with E-state index >= 15 is 0 Å². The van der Waals surface area contributed by atoms with Gasteiger partial charge in [-0.1, -0.05) is 24.6 Å². The number of carbonyl (C=O) groups is 2. The number of aliphatic hydroxyl groups is 2. The van der Waals surface area contributed by atoms with E-state index < -0.39 is 48.0 Å². The van der Waals surface area contributed by atoms with Crippen molar-refractivity contribution in [1.29, 1.82) is 0 Å². The van der Waals surface area contributed by atoms with E-state index in [0.717, 1.165) is 58.2 Å². The Kier molecular flexibility index (Phi) is 10.4. The van der Waals surface area contributed by atoms with Gasteiger partial charge in [0.15, 0.2) is 0 Å². The number of ether oxygens (including phenoxy) is 3. The summed E-state index contributed by atoms with van der Waals surface area (Å²) < 4.78 is 20.9. The second-order valence-electron chi connectivity index (χ2n) is 17.3. The molecule has 0 spiro atoms. The van der Waals surface area contributed by atoms with Gasteiger partial charge < -0.3 is 51.8 Å². The van der Waals surface area contributed by atoms with Crippen LogP contribution in [0.4, 0.5) is 0 Å². The SMILES string of the molecule is CC=C(CNCC)C(=O)OC1CC2C(O)C3C(=O)CC(CO)OC3C3CC4CCNC(N)C4C4=CCC5=C4C(CC4CNC(N)CC4C5)C1(C)OC23. The molecule has 0 aromatic carbocycles. The van der Waals surface area contributed by atoms with Crippen LogP contribution in [0.3, 0.4) is 0 Å². The van der Waals surface area contributed by atoms with Gasteiger partial charge in [0.05, 0.1) is 49.3 Å². The molecule has 8 aliphatic rings. The van der Waals surface area contributed by atoms with Crippen LogP contribution in [0.2, 0.25) is 0 Å². The summed E-state index contributed by atoms with van der Waals surface area (Å²) in [5.74, 6) is -0.936. The number of rotatable bonds is 6. The average Bonchev–Trinajstić information content (AvgIpc) is 3.43. The number of nitrogens with one attached hydrogen (secondary N) is 3. The Bertz CT molecular complexity index is 1500. The largest absolute Gasteiger partial charge is 0.456 e. The maximum absolute atomic E-state index is 14.1. The van der Waals surface area contributed by atoms with E-state index in [-0.39, 0.29) is 60.8 Å². The molecule has 0 aromatic rings. The van der Waals surface area contributed by atoms with Crippen LogP contribution >= 0.6 is 0 Å². The Balaban J connectivity index is 1.28. The Morgan fingerprint density at radius 2 is 1.92 bits per heavy atom. The number of fused-ring (bicyclic) bond motifs is 7. The van der Waals surface area contributed by atoms with Gasteiger partial charge in [0.25, 0.3) is 0 Å².